The number of nitrogens with one attached hydrogen (secondary N) is 1. The first kappa shape index (κ1) is 35.6. The minimum atomic E-state index is -1.05. The number of hydrogen-bond donors (Lipinski definition) is 3. The summed E-state index contributed by atoms with van der Waals surface area (Å²) in [5, 5.41) is 23.4. The normalized spacial score (nSPS) is 21.5. The number of hydrogen-bond acceptors (Lipinski definition) is 7. The summed E-state index contributed by atoms with van der Waals surface area (Å²) in [7, 11) is 2.44. The Bertz CT molecular complexity index is 1580. The molecule has 0 spiro atoms. The number of nitrogens with zero attached hydrogens (tertiary/aromatic N) is 4. The highest BCUT2D eigenvalue weighted by Gasteiger charge is 2.39. The number of benzene rings is 2. The number of likely N-dealkylation sites (tertiary alicyclic amines) is 3. The molecule has 0 bridgehead atoms. The molecule has 0 radical (unpaired) electrons. The van der Waals surface area contributed by atoms with E-state index in [1.165, 1.54) is 0 Å². The van der Waals surface area contributed by atoms with Gasteiger partial charge in [0.05, 0.1) is 0 Å². The van der Waals surface area contributed by atoms with Gasteiger partial charge in [-0.15, -0.1) is 0 Å². The topological polar surface area (TPSA) is 143 Å². The van der Waals surface area contributed by atoms with Crippen LogP contribution < -0.4 is 16.2 Å². The molecule has 0 aliphatic carbocycles. The van der Waals surface area contributed by atoms with Crippen LogP contribution in [0.3, 0.4) is 0 Å². The third-order valence-electron chi connectivity index (χ3n) is 11.1. The fourth-order valence-electron chi connectivity index (χ4n) is 8.29. The summed E-state index contributed by atoms with van der Waals surface area (Å²) < 4.78 is 6.06. The van der Waals surface area contributed by atoms with Crippen molar-refractivity contribution in [3.8, 4) is 5.75 Å². The number of phenols is 1. The van der Waals surface area contributed by atoms with Gasteiger partial charge in [-0.2, -0.15) is 0 Å². The minimum Gasteiger partial charge on any atom is -0.509 e. The van der Waals surface area contributed by atoms with Gasteiger partial charge in [-0.3, -0.25) is 14.5 Å². The number of carbonyl (C=O) groups excluding carboxylic acids is 3. The molecule has 14 heteroatoms. The smallest absolute Gasteiger partial charge is 0.410 e. The number of urea groups is 1. The average Bonchev–Trinajstić information content (AvgIpc) is 3.30. The molecule has 3 saturated heterocycles. The van der Waals surface area contributed by atoms with Gasteiger partial charge >= 0.3 is 18.1 Å². The van der Waals surface area contributed by atoms with Crippen molar-refractivity contribution in [2.24, 2.45) is 0 Å². The summed E-state index contributed by atoms with van der Waals surface area (Å²) in [5.74, 6) is -0.805. The molecular formula is C36H49B2N5O7. The van der Waals surface area contributed by atoms with E-state index in [1.54, 1.807) is 9.80 Å². The van der Waals surface area contributed by atoms with E-state index in [0.29, 0.717) is 77.6 Å². The van der Waals surface area contributed by atoms with E-state index >= 15 is 0 Å². The molecule has 12 nitrogen and oxygen atoms in total. The fraction of sp³-hybridized carbons (Fsp3) is 0.556. The van der Waals surface area contributed by atoms with Gasteiger partial charge in [0.15, 0.2) is 13.4 Å². The molecule has 266 valence electrons. The monoisotopic (exact) mass is 685 g/mol. The molecule has 0 aromatic heterocycles. The van der Waals surface area contributed by atoms with E-state index in [1.807, 2.05) is 56.0 Å². The van der Waals surface area contributed by atoms with Crippen molar-refractivity contribution in [1.29, 1.82) is 0 Å². The van der Waals surface area contributed by atoms with E-state index < -0.39 is 24.2 Å². The zero-order chi connectivity index (χ0) is 35.4. The van der Waals surface area contributed by atoms with Crippen molar-refractivity contribution < 1.29 is 34.1 Å². The van der Waals surface area contributed by atoms with Crippen molar-refractivity contribution in [2.45, 2.75) is 88.8 Å². The minimum absolute atomic E-state index is 0.0137. The lowest BCUT2D eigenvalue weighted by Crippen LogP contribution is -2.55. The summed E-state index contributed by atoms with van der Waals surface area (Å²) in [4.78, 5) is 60.2. The number of carboxylic acids is 1. The van der Waals surface area contributed by atoms with E-state index in [4.69, 9.17) is 4.74 Å². The number of anilines is 1. The second-order valence-corrected chi connectivity index (χ2v) is 14.2. The van der Waals surface area contributed by atoms with Crippen LogP contribution in [-0.2, 0) is 27.2 Å². The molecule has 3 N–H and O–H groups in total. The molecule has 4 heterocycles. The first-order valence-electron chi connectivity index (χ1n) is 18.3. The number of ether oxygens (including phenoxy) is 1. The Hall–Kier alpha value is -4.19. The van der Waals surface area contributed by atoms with E-state index in [2.05, 4.69) is 10.2 Å². The summed E-state index contributed by atoms with van der Waals surface area (Å²) >= 11 is 0. The summed E-state index contributed by atoms with van der Waals surface area (Å²) in [6.07, 6.45) is 4.41. The Morgan fingerprint density at radius 3 is 2.38 bits per heavy atom. The summed E-state index contributed by atoms with van der Waals surface area (Å²) in [6.45, 7) is 5.05. The number of piperidine rings is 3. The zero-order valence-electron chi connectivity index (χ0n) is 29.3. The van der Waals surface area contributed by atoms with Gasteiger partial charge in [-0.1, -0.05) is 43.6 Å². The van der Waals surface area contributed by atoms with Gasteiger partial charge < -0.3 is 35.0 Å². The molecule has 6 rings (SSSR count). The second-order valence-electron chi connectivity index (χ2n) is 14.2. The highest BCUT2D eigenvalue weighted by molar-refractivity contribution is 6.54. The largest absolute Gasteiger partial charge is 0.509 e. The molecule has 3 fully saturated rings. The van der Waals surface area contributed by atoms with Gasteiger partial charge in [0.1, 0.15) is 19.6 Å². The molecule has 2 aromatic carbocycles. The standard InChI is InChI=1S/C36H49B2N5O7/c1-38-28-21-23(20-27(37)32(28)44)22-31(33(45)40-15-10-25(11-16-40)42-14-5-4-8-30(42)34(46)47)50-36(49)41-17-12-26(13-18-41)43-19-9-24-6-2-3-7-29(24)39-35(43)48/h2-3,6-7,20-21,25-26,30-31,38,44H,4-5,8-19,22,37H2,1H3,(H,39,48)(H,46,47)/t30-,31+/m0/s1. The number of aromatic hydroxyl groups is 1. The number of phenolic OH excluding ortho intramolecular Hbond substituents is 1. The lowest BCUT2D eigenvalue weighted by atomic mass is 9.69. The molecule has 2 aromatic rings. The number of carbonyl (C=O) groups is 4. The van der Waals surface area contributed by atoms with Gasteiger partial charge in [-0.25, -0.2) is 9.59 Å². The Morgan fingerprint density at radius 2 is 1.66 bits per heavy atom. The van der Waals surface area contributed by atoms with E-state index in [-0.39, 0.29) is 36.2 Å². The first-order chi connectivity index (χ1) is 24.1. The third-order valence-corrected chi connectivity index (χ3v) is 11.1. The Balaban J connectivity index is 1.11. The number of aliphatic carboxylic acids is 1. The Morgan fingerprint density at radius 1 is 0.960 bits per heavy atom. The lowest BCUT2D eigenvalue weighted by molar-refractivity contribution is -0.148. The summed E-state index contributed by atoms with van der Waals surface area (Å²) in [6, 6.07) is 11.0. The van der Waals surface area contributed by atoms with Gasteiger partial charge in [0.2, 0.25) is 0 Å². The number of carboxylic acid groups (broad SMARTS) is 1. The molecule has 4 amide bonds. The van der Waals surface area contributed by atoms with Crippen LogP contribution in [-0.4, -0.2) is 132 Å². The molecule has 0 unspecified atom stereocenters. The maximum absolute atomic E-state index is 14.1. The predicted molar refractivity (Wildman–Crippen MR) is 195 cm³/mol. The highest BCUT2D eigenvalue weighted by Crippen LogP contribution is 2.28. The molecular weight excluding hydrogens is 636 g/mol. The van der Waals surface area contributed by atoms with Crippen molar-refractivity contribution in [2.75, 3.05) is 44.6 Å². The average molecular weight is 685 g/mol. The van der Waals surface area contributed by atoms with Crippen molar-refractivity contribution in [3.05, 3.63) is 47.5 Å². The van der Waals surface area contributed by atoms with Crippen LogP contribution in [0.5, 0.6) is 5.75 Å². The van der Waals surface area contributed by atoms with E-state index in [9.17, 15) is 29.4 Å². The predicted octanol–water partition coefficient (Wildman–Crippen LogP) is 1.29. The van der Waals surface area contributed by atoms with Crippen LogP contribution >= 0.6 is 0 Å². The molecule has 0 saturated carbocycles. The van der Waals surface area contributed by atoms with Gasteiger partial charge in [0, 0.05) is 56.9 Å². The SMILES string of the molecule is Bc1cc(C[C@@H](OC(=O)N2CCC(N3CCc4ccccc4NC3=O)CC2)C(=O)N2CCC(N3CCCC[C@H]3C(=O)O)CC2)cc(BC)c1O. The van der Waals surface area contributed by atoms with Gasteiger partial charge in [-0.05, 0) is 79.6 Å². The van der Waals surface area contributed by atoms with Crippen LogP contribution in [0.4, 0.5) is 15.3 Å². The van der Waals surface area contributed by atoms with Crippen LogP contribution in [0.15, 0.2) is 36.4 Å². The van der Waals surface area contributed by atoms with Crippen LogP contribution in [0.1, 0.15) is 56.1 Å². The van der Waals surface area contributed by atoms with Crippen molar-refractivity contribution in [3.63, 3.8) is 0 Å². The summed E-state index contributed by atoms with van der Waals surface area (Å²) in [5.41, 5.74) is 4.23. The maximum Gasteiger partial charge on any atom is 0.410 e. The van der Waals surface area contributed by atoms with Crippen molar-refractivity contribution in [1.82, 2.24) is 19.6 Å². The third kappa shape index (κ3) is 7.90. The second kappa shape index (κ2) is 15.8. The molecule has 4 aliphatic rings. The highest BCUT2D eigenvalue weighted by atomic mass is 16.6. The number of amides is 4. The Kier molecular flexibility index (Phi) is 11.2. The Labute approximate surface area is 295 Å². The quantitative estimate of drug-likeness (QED) is 0.353. The molecule has 4 aliphatic heterocycles. The van der Waals surface area contributed by atoms with Crippen molar-refractivity contribution >= 4 is 55.7 Å². The van der Waals surface area contributed by atoms with Crippen LogP contribution in [0.2, 0.25) is 6.82 Å². The number of para-hydroxylation sites is 1. The van der Waals surface area contributed by atoms with E-state index in [0.717, 1.165) is 48.1 Å². The van der Waals surface area contributed by atoms with Crippen LogP contribution in [0.25, 0.3) is 0 Å². The first-order valence-corrected chi connectivity index (χ1v) is 18.3. The molecule has 50 heavy (non-hydrogen) atoms. The fourth-order valence-corrected chi connectivity index (χ4v) is 8.29. The molecule has 2 atom stereocenters. The maximum atomic E-state index is 14.1. The lowest BCUT2D eigenvalue weighted by Gasteiger charge is -2.43. The number of rotatable bonds is 8. The number of fused-ring (bicyclic) bond motifs is 1. The van der Waals surface area contributed by atoms with Crippen LogP contribution in [0, 0.1) is 0 Å². The zero-order valence-corrected chi connectivity index (χ0v) is 29.3. The van der Waals surface area contributed by atoms with Gasteiger partial charge in [0.25, 0.3) is 5.91 Å².